The molecule has 2 heterocycles. The Bertz CT molecular complexity index is 588. The average Bonchev–Trinajstić information content (AvgIpc) is 3.12. The van der Waals surface area contributed by atoms with Gasteiger partial charge in [-0.25, -0.2) is 4.79 Å². The summed E-state index contributed by atoms with van der Waals surface area (Å²) in [5, 5.41) is 11.6. The van der Waals surface area contributed by atoms with E-state index in [1.165, 1.54) is 12.8 Å². The van der Waals surface area contributed by atoms with Gasteiger partial charge in [-0.1, -0.05) is 0 Å². The number of aromatic nitrogens is 3. The number of hydrogen-bond acceptors (Lipinski definition) is 5. The SMILES string of the molecule is Cn1c(CN2CCC[C@@H]2CNC(=O)OC(C)(C)C)nnc1C1CC1. The van der Waals surface area contributed by atoms with Crippen LogP contribution in [0.1, 0.15) is 64.0 Å². The minimum Gasteiger partial charge on any atom is -0.444 e. The van der Waals surface area contributed by atoms with Gasteiger partial charge in [-0.3, -0.25) is 4.90 Å². The number of nitrogens with zero attached hydrogens (tertiary/aromatic N) is 4. The van der Waals surface area contributed by atoms with Crippen molar-refractivity contribution in [3.8, 4) is 0 Å². The molecule has 7 heteroatoms. The molecule has 1 amide bonds. The maximum Gasteiger partial charge on any atom is 0.407 e. The number of alkyl carbamates (subject to hydrolysis) is 1. The Balaban J connectivity index is 1.53. The Kier molecular flexibility index (Phi) is 4.80. The van der Waals surface area contributed by atoms with Gasteiger partial charge in [-0.15, -0.1) is 10.2 Å². The standard InChI is InChI=1S/C17H29N5O2/c1-17(2,3)24-16(23)18-10-13-6-5-9-22(13)11-14-19-20-15(21(14)4)12-7-8-12/h12-13H,5-11H2,1-4H3,(H,18,23)/t13-/m1/s1. The van der Waals surface area contributed by atoms with Crippen molar-refractivity contribution in [2.75, 3.05) is 13.1 Å². The molecule has 1 saturated heterocycles. The Morgan fingerprint density at radius 2 is 2.04 bits per heavy atom. The molecule has 1 N–H and O–H groups in total. The first-order valence-electron chi connectivity index (χ1n) is 8.92. The fraction of sp³-hybridized carbons (Fsp3) is 0.824. The van der Waals surface area contributed by atoms with Crippen LogP contribution in [0.4, 0.5) is 4.79 Å². The smallest absolute Gasteiger partial charge is 0.407 e. The highest BCUT2D eigenvalue weighted by molar-refractivity contribution is 5.67. The van der Waals surface area contributed by atoms with Crippen LogP contribution >= 0.6 is 0 Å². The van der Waals surface area contributed by atoms with Crippen molar-refractivity contribution in [3.63, 3.8) is 0 Å². The predicted octanol–water partition coefficient (Wildman–Crippen LogP) is 2.18. The molecule has 7 nitrogen and oxygen atoms in total. The average molecular weight is 335 g/mol. The third kappa shape index (κ3) is 4.26. The molecule has 1 saturated carbocycles. The first-order valence-corrected chi connectivity index (χ1v) is 8.92. The van der Waals surface area contributed by atoms with Crippen molar-refractivity contribution in [2.45, 2.75) is 70.6 Å². The number of likely N-dealkylation sites (tertiary alicyclic amines) is 1. The maximum atomic E-state index is 11.8. The summed E-state index contributed by atoms with van der Waals surface area (Å²) in [6, 6.07) is 0.332. The van der Waals surface area contributed by atoms with E-state index < -0.39 is 5.60 Å². The lowest BCUT2D eigenvalue weighted by molar-refractivity contribution is 0.0512. The van der Waals surface area contributed by atoms with Gasteiger partial charge in [0.05, 0.1) is 6.54 Å². The molecule has 2 fully saturated rings. The van der Waals surface area contributed by atoms with Crippen LogP contribution in [0.25, 0.3) is 0 Å². The summed E-state index contributed by atoms with van der Waals surface area (Å²) in [4.78, 5) is 14.2. The number of carbonyl (C=O) groups is 1. The molecule has 1 aliphatic carbocycles. The van der Waals surface area contributed by atoms with E-state index in [9.17, 15) is 4.79 Å². The minimum absolute atomic E-state index is 0.332. The molecule has 0 unspecified atom stereocenters. The molecule has 3 rings (SSSR count). The number of rotatable bonds is 5. The highest BCUT2D eigenvalue weighted by Gasteiger charge is 2.31. The van der Waals surface area contributed by atoms with Crippen molar-refractivity contribution in [3.05, 3.63) is 11.6 Å². The Morgan fingerprint density at radius 1 is 1.29 bits per heavy atom. The highest BCUT2D eigenvalue weighted by Crippen LogP contribution is 2.38. The molecule has 0 aromatic carbocycles. The number of carbonyl (C=O) groups excluding carboxylic acids is 1. The third-order valence-electron chi connectivity index (χ3n) is 4.67. The van der Waals surface area contributed by atoms with Gasteiger partial charge >= 0.3 is 6.09 Å². The lowest BCUT2D eigenvalue weighted by atomic mass is 10.2. The topological polar surface area (TPSA) is 72.3 Å². The lowest BCUT2D eigenvalue weighted by Crippen LogP contribution is -2.42. The van der Waals surface area contributed by atoms with E-state index in [-0.39, 0.29) is 6.09 Å². The number of amides is 1. The van der Waals surface area contributed by atoms with Gasteiger partial charge in [0.15, 0.2) is 0 Å². The maximum absolute atomic E-state index is 11.8. The lowest BCUT2D eigenvalue weighted by Gasteiger charge is -2.25. The van der Waals surface area contributed by atoms with Gasteiger partial charge in [0.25, 0.3) is 0 Å². The van der Waals surface area contributed by atoms with Crippen molar-refractivity contribution in [2.24, 2.45) is 7.05 Å². The van der Waals surface area contributed by atoms with Crippen LogP contribution in [0.5, 0.6) is 0 Å². The molecule has 1 aliphatic heterocycles. The zero-order valence-corrected chi connectivity index (χ0v) is 15.2. The second-order valence-electron chi connectivity index (χ2n) is 7.96. The van der Waals surface area contributed by atoms with E-state index in [0.717, 1.165) is 37.6 Å². The normalized spacial score (nSPS) is 21.9. The Morgan fingerprint density at radius 3 is 2.71 bits per heavy atom. The number of nitrogens with one attached hydrogen (secondary N) is 1. The van der Waals surface area contributed by atoms with Gasteiger partial charge in [0.1, 0.15) is 17.2 Å². The van der Waals surface area contributed by atoms with Gasteiger partial charge in [-0.05, 0) is 53.0 Å². The van der Waals surface area contributed by atoms with Gasteiger partial charge < -0.3 is 14.6 Å². The Labute approximate surface area is 143 Å². The molecule has 1 atom stereocenters. The van der Waals surface area contributed by atoms with E-state index >= 15 is 0 Å². The molecule has 0 bridgehead atoms. The summed E-state index contributed by atoms with van der Waals surface area (Å²) in [7, 11) is 2.06. The van der Waals surface area contributed by atoms with Crippen LogP contribution in [-0.2, 0) is 18.3 Å². The second kappa shape index (κ2) is 6.70. The molecule has 2 aliphatic rings. The second-order valence-corrected chi connectivity index (χ2v) is 7.96. The largest absolute Gasteiger partial charge is 0.444 e. The van der Waals surface area contributed by atoms with Crippen molar-refractivity contribution in [1.29, 1.82) is 0 Å². The molecule has 134 valence electrons. The molecular formula is C17H29N5O2. The molecule has 0 radical (unpaired) electrons. The summed E-state index contributed by atoms with van der Waals surface area (Å²) >= 11 is 0. The summed E-state index contributed by atoms with van der Waals surface area (Å²) < 4.78 is 7.46. The van der Waals surface area contributed by atoms with E-state index in [0.29, 0.717) is 18.5 Å². The Hall–Kier alpha value is -1.63. The van der Waals surface area contributed by atoms with E-state index in [4.69, 9.17) is 4.74 Å². The van der Waals surface area contributed by atoms with Crippen LogP contribution in [0.15, 0.2) is 0 Å². The van der Waals surface area contributed by atoms with Crippen molar-refractivity contribution < 1.29 is 9.53 Å². The van der Waals surface area contributed by atoms with Gasteiger partial charge in [0.2, 0.25) is 0 Å². The van der Waals surface area contributed by atoms with Crippen LogP contribution < -0.4 is 5.32 Å². The minimum atomic E-state index is -0.461. The van der Waals surface area contributed by atoms with E-state index in [1.807, 2.05) is 20.8 Å². The van der Waals surface area contributed by atoms with Crippen LogP contribution in [0, 0.1) is 0 Å². The zero-order chi connectivity index (χ0) is 17.3. The molecule has 0 spiro atoms. The first-order chi connectivity index (χ1) is 11.3. The monoisotopic (exact) mass is 335 g/mol. The highest BCUT2D eigenvalue weighted by atomic mass is 16.6. The van der Waals surface area contributed by atoms with Crippen molar-refractivity contribution in [1.82, 2.24) is 25.0 Å². The van der Waals surface area contributed by atoms with E-state index in [2.05, 4.69) is 32.0 Å². The van der Waals surface area contributed by atoms with Gasteiger partial charge in [-0.2, -0.15) is 0 Å². The molecule has 1 aromatic rings. The van der Waals surface area contributed by atoms with Gasteiger partial charge in [0, 0.05) is 25.6 Å². The molecule has 1 aromatic heterocycles. The summed E-state index contributed by atoms with van der Waals surface area (Å²) in [5.74, 6) is 2.74. The summed E-state index contributed by atoms with van der Waals surface area (Å²) in [5.41, 5.74) is -0.461. The number of hydrogen-bond donors (Lipinski definition) is 1. The zero-order valence-electron chi connectivity index (χ0n) is 15.2. The van der Waals surface area contributed by atoms with Crippen LogP contribution in [0.3, 0.4) is 0 Å². The van der Waals surface area contributed by atoms with Crippen molar-refractivity contribution >= 4 is 6.09 Å². The fourth-order valence-corrected chi connectivity index (χ4v) is 3.24. The quantitative estimate of drug-likeness (QED) is 0.893. The van der Waals surface area contributed by atoms with E-state index in [1.54, 1.807) is 0 Å². The summed E-state index contributed by atoms with van der Waals surface area (Å²) in [6.45, 7) is 8.06. The fourth-order valence-electron chi connectivity index (χ4n) is 3.24. The summed E-state index contributed by atoms with van der Waals surface area (Å²) in [6.07, 6.45) is 4.36. The van der Waals surface area contributed by atoms with Crippen LogP contribution in [-0.4, -0.2) is 50.5 Å². The third-order valence-corrected chi connectivity index (χ3v) is 4.67. The molecule has 24 heavy (non-hydrogen) atoms. The first kappa shape index (κ1) is 17.2. The predicted molar refractivity (Wildman–Crippen MR) is 90.6 cm³/mol. The van der Waals surface area contributed by atoms with Crippen LogP contribution in [0.2, 0.25) is 0 Å². The number of ether oxygens (including phenoxy) is 1. The molecular weight excluding hydrogens is 306 g/mol.